The molecule has 1 unspecified atom stereocenters. The predicted molar refractivity (Wildman–Crippen MR) is 41.8 cm³/mol. The molecule has 1 rings (SSSR count). The molecule has 0 radical (unpaired) electrons. The standard InChI is InChI=1S/C8H9NO3/c1-5(10)6-3-2-4-9-7(6)8(11)12/h2-5,10H,1H3,(H,11,12). The second-order valence-electron chi connectivity index (χ2n) is 2.42. The van der Waals surface area contributed by atoms with Crippen LogP contribution in [0.15, 0.2) is 18.3 Å². The van der Waals surface area contributed by atoms with Crippen LogP contribution in [0.25, 0.3) is 0 Å². The van der Waals surface area contributed by atoms with E-state index in [2.05, 4.69) is 4.98 Å². The molecule has 12 heavy (non-hydrogen) atoms. The summed E-state index contributed by atoms with van der Waals surface area (Å²) in [5.74, 6) is -1.12. The molecule has 0 bridgehead atoms. The summed E-state index contributed by atoms with van der Waals surface area (Å²) in [5.41, 5.74) is 0.248. The molecule has 64 valence electrons. The van der Waals surface area contributed by atoms with Gasteiger partial charge >= 0.3 is 5.97 Å². The zero-order valence-electron chi connectivity index (χ0n) is 6.56. The smallest absolute Gasteiger partial charge is 0.354 e. The maximum atomic E-state index is 10.6. The number of carbonyl (C=O) groups is 1. The third-order valence-electron chi connectivity index (χ3n) is 1.49. The first kappa shape index (κ1) is 8.67. The summed E-state index contributed by atoms with van der Waals surface area (Å²) in [5, 5.41) is 17.8. The summed E-state index contributed by atoms with van der Waals surface area (Å²) < 4.78 is 0. The van der Waals surface area contributed by atoms with Gasteiger partial charge in [-0.3, -0.25) is 0 Å². The molecule has 0 aliphatic heterocycles. The number of aromatic carboxylic acids is 1. The zero-order valence-corrected chi connectivity index (χ0v) is 6.56. The molecule has 1 aromatic rings. The molecule has 0 amide bonds. The van der Waals surface area contributed by atoms with E-state index in [1.165, 1.54) is 13.1 Å². The Labute approximate surface area is 69.5 Å². The minimum absolute atomic E-state index is 0.0903. The number of hydrogen-bond acceptors (Lipinski definition) is 3. The van der Waals surface area contributed by atoms with Crippen molar-refractivity contribution in [2.75, 3.05) is 0 Å². The van der Waals surface area contributed by atoms with E-state index in [1.807, 2.05) is 0 Å². The highest BCUT2D eigenvalue weighted by molar-refractivity contribution is 5.87. The van der Waals surface area contributed by atoms with E-state index < -0.39 is 12.1 Å². The van der Waals surface area contributed by atoms with Crippen molar-refractivity contribution in [3.05, 3.63) is 29.6 Å². The lowest BCUT2D eigenvalue weighted by Gasteiger charge is -2.06. The molecule has 0 fully saturated rings. The fourth-order valence-corrected chi connectivity index (χ4v) is 0.934. The number of carboxylic acid groups (broad SMARTS) is 1. The van der Waals surface area contributed by atoms with Gasteiger partial charge in [-0.05, 0) is 13.0 Å². The number of hydrogen-bond donors (Lipinski definition) is 2. The first-order valence-corrected chi connectivity index (χ1v) is 3.49. The molecule has 4 heteroatoms. The highest BCUT2D eigenvalue weighted by atomic mass is 16.4. The molecule has 2 N–H and O–H groups in total. The van der Waals surface area contributed by atoms with Crippen molar-refractivity contribution in [2.24, 2.45) is 0 Å². The van der Waals surface area contributed by atoms with Crippen LogP contribution in [0.2, 0.25) is 0 Å². The van der Waals surface area contributed by atoms with Crippen molar-refractivity contribution in [3.8, 4) is 0 Å². The Morgan fingerprint density at radius 3 is 2.75 bits per heavy atom. The monoisotopic (exact) mass is 167 g/mol. The van der Waals surface area contributed by atoms with Gasteiger partial charge < -0.3 is 10.2 Å². The first-order chi connectivity index (χ1) is 5.63. The Kier molecular flexibility index (Phi) is 2.40. The Bertz CT molecular complexity index is 296. The third kappa shape index (κ3) is 1.60. The third-order valence-corrected chi connectivity index (χ3v) is 1.49. The van der Waals surface area contributed by atoms with Crippen LogP contribution in [0, 0.1) is 0 Å². The van der Waals surface area contributed by atoms with Crippen molar-refractivity contribution in [3.63, 3.8) is 0 Å². The summed E-state index contributed by atoms with van der Waals surface area (Å²) >= 11 is 0. The zero-order chi connectivity index (χ0) is 9.14. The summed E-state index contributed by atoms with van der Waals surface area (Å²) in [7, 11) is 0. The van der Waals surface area contributed by atoms with Gasteiger partial charge in [0, 0.05) is 11.8 Å². The maximum absolute atomic E-state index is 10.6. The van der Waals surface area contributed by atoms with E-state index >= 15 is 0 Å². The summed E-state index contributed by atoms with van der Waals surface area (Å²) in [6.45, 7) is 1.50. The number of pyridine rings is 1. The van der Waals surface area contributed by atoms with Crippen LogP contribution in [-0.4, -0.2) is 21.2 Å². The van der Waals surface area contributed by atoms with Crippen LogP contribution in [0.4, 0.5) is 0 Å². The second kappa shape index (κ2) is 3.32. The molecule has 0 aromatic carbocycles. The lowest BCUT2D eigenvalue weighted by Crippen LogP contribution is -2.07. The van der Waals surface area contributed by atoms with Gasteiger partial charge in [0.1, 0.15) is 0 Å². The van der Waals surface area contributed by atoms with Gasteiger partial charge in [0.05, 0.1) is 6.10 Å². The molecule has 0 saturated heterocycles. The van der Waals surface area contributed by atoms with Crippen LogP contribution in [0.3, 0.4) is 0 Å². The van der Waals surface area contributed by atoms with Crippen molar-refractivity contribution in [2.45, 2.75) is 13.0 Å². The molecule has 1 heterocycles. The topological polar surface area (TPSA) is 70.4 Å². The lowest BCUT2D eigenvalue weighted by atomic mass is 10.1. The molecule has 1 aromatic heterocycles. The van der Waals surface area contributed by atoms with Crippen LogP contribution in [0.5, 0.6) is 0 Å². The number of nitrogens with zero attached hydrogens (tertiary/aromatic N) is 1. The molecule has 0 saturated carbocycles. The minimum Gasteiger partial charge on any atom is -0.477 e. The van der Waals surface area contributed by atoms with E-state index in [4.69, 9.17) is 10.2 Å². The molecule has 4 nitrogen and oxygen atoms in total. The van der Waals surface area contributed by atoms with Crippen LogP contribution in [0.1, 0.15) is 29.1 Å². The van der Waals surface area contributed by atoms with Gasteiger partial charge in [0.2, 0.25) is 0 Å². The van der Waals surface area contributed by atoms with Gasteiger partial charge in [0.15, 0.2) is 5.69 Å². The Balaban J connectivity index is 3.17. The van der Waals surface area contributed by atoms with Crippen molar-refractivity contribution in [1.29, 1.82) is 0 Å². The van der Waals surface area contributed by atoms with Gasteiger partial charge in [-0.15, -0.1) is 0 Å². The van der Waals surface area contributed by atoms with Gasteiger partial charge in [0.25, 0.3) is 0 Å². The van der Waals surface area contributed by atoms with Crippen molar-refractivity contribution < 1.29 is 15.0 Å². The summed E-state index contributed by atoms with van der Waals surface area (Å²) in [6, 6.07) is 3.13. The second-order valence-corrected chi connectivity index (χ2v) is 2.42. The average molecular weight is 167 g/mol. The number of aromatic nitrogens is 1. The largest absolute Gasteiger partial charge is 0.477 e. The van der Waals surface area contributed by atoms with Crippen molar-refractivity contribution in [1.82, 2.24) is 4.98 Å². The summed E-state index contributed by atoms with van der Waals surface area (Å²) in [4.78, 5) is 14.2. The number of carboxylic acids is 1. The molecular weight excluding hydrogens is 158 g/mol. The van der Waals surface area contributed by atoms with Crippen LogP contribution >= 0.6 is 0 Å². The fourth-order valence-electron chi connectivity index (χ4n) is 0.934. The highest BCUT2D eigenvalue weighted by Crippen LogP contribution is 2.14. The predicted octanol–water partition coefficient (Wildman–Crippen LogP) is 0.833. The van der Waals surface area contributed by atoms with E-state index in [9.17, 15) is 4.79 Å². The van der Waals surface area contributed by atoms with E-state index in [-0.39, 0.29) is 5.69 Å². The number of aliphatic hydroxyl groups excluding tert-OH is 1. The van der Waals surface area contributed by atoms with Crippen LogP contribution < -0.4 is 0 Å². The Morgan fingerprint density at radius 2 is 2.33 bits per heavy atom. The number of aliphatic hydroxyl groups is 1. The minimum atomic E-state index is -1.12. The molecular formula is C8H9NO3. The maximum Gasteiger partial charge on any atom is 0.354 e. The van der Waals surface area contributed by atoms with Gasteiger partial charge in [-0.25, -0.2) is 9.78 Å². The van der Waals surface area contributed by atoms with Gasteiger partial charge in [-0.2, -0.15) is 0 Å². The molecule has 1 atom stereocenters. The molecule has 0 aliphatic rings. The fraction of sp³-hybridized carbons (Fsp3) is 0.250. The first-order valence-electron chi connectivity index (χ1n) is 3.49. The van der Waals surface area contributed by atoms with E-state index in [0.29, 0.717) is 5.56 Å². The van der Waals surface area contributed by atoms with E-state index in [0.717, 1.165) is 0 Å². The Hall–Kier alpha value is -1.42. The lowest BCUT2D eigenvalue weighted by molar-refractivity contribution is 0.0683. The summed E-state index contributed by atoms with van der Waals surface area (Å²) in [6.07, 6.45) is 0.583. The molecule has 0 aliphatic carbocycles. The van der Waals surface area contributed by atoms with Crippen molar-refractivity contribution >= 4 is 5.97 Å². The quantitative estimate of drug-likeness (QED) is 0.684. The molecule has 0 spiro atoms. The SMILES string of the molecule is CC(O)c1cccnc1C(=O)O. The van der Waals surface area contributed by atoms with E-state index in [1.54, 1.807) is 12.1 Å². The Morgan fingerprint density at radius 1 is 1.67 bits per heavy atom. The van der Waals surface area contributed by atoms with Crippen LogP contribution in [-0.2, 0) is 0 Å². The average Bonchev–Trinajstić information content (AvgIpc) is 2.04. The number of rotatable bonds is 2. The highest BCUT2D eigenvalue weighted by Gasteiger charge is 2.13. The van der Waals surface area contributed by atoms with Gasteiger partial charge in [-0.1, -0.05) is 6.07 Å². The normalized spacial score (nSPS) is 12.5.